The topological polar surface area (TPSA) is 78.4 Å². The smallest absolute Gasteiger partial charge is 0.354 e. The zero-order valence-electron chi connectivity index (χ0n) is 10.7. The van der Waals surface area contributed by atoms with Crippen molar-refractivity contribution in [1.29, 1.82) is 0 Å². The highest BCUT2D eigenvalue weighted by Gasteiger charge is 2.38. The first-order valence-electron chi connectivity index (χ1n) is 6.01. The molecule has 0 atom stereocenters. The van der Waals surface area contributed by atoms with Gasteiger partial charge in [0.25, 0.3) is 0 Å². The summed E-state index contributed by atoms with van der Waals surface area (Å²) in [4.78, 5) is 21.0. The molecule has 0 aliphatic heterocycles. The van der Waals surface area contributed by atoms with Crippen LogP contribution in [-0.4, -0.2) is 52.1 Å². The number of anilines is 1. The summed E-state index contributed by atoms with van der Waals surface area (Å²) >= 11 is 0. The first-order chi connectivity index (χ1) is 8.53. The average molecular weight is 250 g/mol. The summed E-state index contributed by atoms with van der Waals surface area (Å²) in [6.07, 6.45) is 4.98. The maximum Gasteiger partial charge on any atom is 0.354 e. The Bertz CT molecular complexity index is 443. The van der Waals surface area contributed by atoms with E-state index in [-0.39, 0.29) is 11.2 Å². The molecule has 0 radical (unpaired) electrons. The molecule has 6 nitrogen and oxygen atoms in total. The Morgan fingerprint density at radius 3 is 2.78 bits per heavy atom. The Morgan fingerprint density at radius 2 is 2.28 bits per heavy atom. The van der Waals surface area contributed by atoms with Gasteiger partial charge in [0.1, 0.15) is 0 Å². The van der Waals surface area contributed by atoms with Crippen molar-refractivity contribution in [1.82, 2.24) is 14.9 Å². The Kier molecular flexibility index (Phi) is 3.47. The lowest BCUT2D eigenvalue weighted by atomic mass is 9.75. The second kappa shape index (κ2) is 4.89. The van der Waals surface area contributed by atoms with Crippen molar-refractivity contribution in [3.8, 4) is 0 Å². The fourth-order valence-corrected chi connectivity index (χ4v) is 2.17. The van der Waals surface area contributed by atoms with Crippen molar-refractivity contribution >= 4 is 11.9 Å². The van der Waals surface area contributed by atoms with E-state index in [9.17, 15) is 4.79 Å². The van der Waals surface area contributed by atoms with Crippen molar-refractivity contribution in [3.63, 3.8) is 0 Å². The van der Waals surface area contributed by atoms with Gasteiger partial charge in [0, 0.05) is 18.3 Å². The van der Waals surface area contributed by atoms with E-state index >= 15 is 0 Å². The molecule has 0 spiro atoms. The SMILES string of the molecule is CN(C)C1(CNc2nccc(C(=O)O)n2)CCC1. The van der Waals surface area contributed by atoms with Crippen LogP contribution in [0.15, 0.2) is 12.3 Å². The Hall–Kier alpha value is -1.69. The molecule has 0 unspecified atom stereocenters. The minimum atomic E-state index is -1.04. The van der Waals surface area contributed by atoms with Crippen molar-refractivity contribution < 1.29 is 9.90 Å². The van der Waals surface area contributed by atoms with Crippen LogP contribution in [0.3, 0.4) is 0 Å². The molecule has 98 valence electrons. The van der Waals surface area contributed by atoms with E-state index in [4.69, 9.17) is 5.11 Å². The minimum Gasteiger partial charge on any atom is -0.477 e. The Balaban J connectivity index is 2.02. The normalized spacial score (nSPS) is 17.3. The van der Waals surface area contributed by atoms with E-state index in [1.165, 1.54) is 18.7 Å². The molecular formula is C12H18N4O2. The molecule has 2 rings (SSSR count). The molecule has 1 saturated carbocycles. The molecule has 0 saturated heterocycles. The van der Waals surface area contributed by atoms with Gasteiger partial charge in [-0.05, 0) is 39.4 Å². The zero-order chi connectivity index (χ0) is 13.2. The highest BCUT2D eigenvalue weighted by atomic mass is 16.4. The summed E-state index contributed by atoms with van der Waals surface area (Å²) in [5.41, 5.74) is 0.169. The van der Waals surface area contributed by atoms with E-state index in [1.54, 1.807) is 0 Å². The van der Waals surface area contributed by atoms with Crippen LogP contribution in [0.5, 0.6) is 0 Å². The lowest BCUT2D eigenvalue weighted by Gasteiger charge is -2.47. The summed E-state index contributed by atoms with van der Waals surface area (Å²) in [5.74, 6) is -0.658. The maximum absolute atomic E-state index is 10.8. The van der Waals surface area contributed by atoms with Crippen LogP contribution in [0.4, 0.5) is 5.95 Å². The van der Waals surface area contributed by atoms with E-state index < -0.39 is 5.97 Å². The maximum atomic E-state index is 10.8. The average Bonchev–Trinajstić information content (AvgIpc) is 2.27. The predicted octanol–water partition coefficient (Wildman–Crippen LogP) is 1.07. The van der Waals surface area contributed by atoms with Crippen LogP contribution in [0.2, 0.25) is 0 Å². The van der Waals surface area contributed by atoms with Crippen LogP contribution < -0.4 is 5.32 Å². The zero-order valence-corrected chi connectivity index (χ0v) is 10.7. The van der Waals surface area contributed by atoms with Gasteiger partial charge in [-0.1, -0.05) is 0 Å². The third-order valence-corrected chi connectivity index (χ3v) is 3.68. The summed E-state index contributed by atoms with van der Waals surface area (Å²) in [7, 11) is 4.13. The second-order valence-electron chi connectivity index (χ2n) is 4.90. The van der Waals surface area contributed by atoms with Gasteiger partial charge < -0.3 is 15.3 Å². The molecule has 18 heavy (non-hydrogen) atoms. The molecule has 1 fully saturated rings. The lowest BCUT2D eigenvalue weighted by molar-refractivity contribution is 0.0690. The van der Waals surface area contributed by atoms with E-state index in [0.717, 1.165) is 19.4 Å². The lowest BCUT2D eigenvalue weighted by Crippen LogP contribution is -2.54. The van der Waals surface area contributed by atoms with Gasteiger partial charge in [-0.3, -0.25) is 0 Å². The summed E-state index contributed by atoms with van der Waals surface area (Å²) < 4.78 is 0. The molecule has 1 aliphatic rings. The van der Waals surface area contributed by atoms with Crippen LogP contribution in [0, 0.1) is 0 Å². The molecule has 0 bridgehead atoms. The fourth-order valence-electron chi connectivity index (χ4n) is 2.17. The molecule has 6 heteroatoms. The highest BCUT2D eigenvalue weighted by molar-refractivity contribution is 5.85. The standard InChI is InChI=1S/C12H18N4O2/c1-16(2)12(5-3-6-12)8-14-11-13-7-4-9(15-11)10(17)18/h4,7H,3,5-6,8H2,1-2H3,(H,17,18)(H,13,14,15). The number of carbonyl (C=O) groups is 1. The van der Waals surface area contributed by atoms with E-state index in [2.05, 4.69) is 34.3 Å². The van der Waals surface area contributed by atoms with Gasteiger partial charge in [-0.15, -0.1) is 0 Å². The van der Waals surface area contributed by atoms with Crippen molar-refractivity contribution in [2.75, 3.05) is 26.0 Å². The van der Waals surface area contributed by atoms with Gasteiger partial charge >= 0.3 is 5.97 Å². The second-order valence-corrected chi connectivity index (χ2v) is 4.90. The number of hydrogen-bond donors (Lipinski definition) is 2. The van der Waals surface area contributed by atoms with Crippen LogP contribution >= 0.6 is 0 Å². The monoisotopic (exact) mass is 250 g/mol. The van der Waals surface area contributed by atoms with Gasteiger partial charge in [-0.25, -0.2) is 14.8 Å². The molecule has 0 amide bonds. The summed E-state index contributed by atoms with van der Waals surface area (Å²) in [5, 5.41) is 12.0. The largest absolute Gasteiger partial charge is 0.477 e. The number of aromatic carboxylic acids is 1. The quantitative estimate of drug-likeness (QED) is 0.814. The Morgan fingerprint density at radius 1 is 1.56 bits per heavy atom. The van der Waals surface area contributed by atoms with Gasteiger partial charge in [0.15, 0.2) is 5.69 Å². The summed E-state index contributed by atoms with van der Waals surface area (Å²) in [6.45, 7) is 0.739. The molecule has 1 aromatic rings. The number of aromatic nitrogens is 2. The molecular weight excluding hydrogens is 232 g/mol. The number of carboxylic acids is 1. The van der Waals surface area contributed by atoms with Crippen LogP contribution in [-0.2, 0) is 0 Å². The van der Waals surface area contributed by atoms with Crippen molar-refractivity contribution in [3.05, 3.63) is 18.0 Å². The first kappa shape index (κ1) is 12.8. The van der Waals surface area contributed by atoms with Crippen LogP contribution in [0.25, 0.3) is 0 Å². The van der Waals surface area contributed by atoms with Gasteiger partial charge in [0.05, 0.1) is 0 Å². The number of rotatable bonds is 5. The molecule has 1 aliphatic carbocycles. The first-order valence-corrected chi connectivity index (χ1v) is 6.01. The Labute approximate surface area is 106 Å². The highest BCUT2D eigenvalue weighted by Crippen LogP contribution is 2.35. The van der Waals surface area contributed by atoms with Crippen molar-refractivity contribution in [2.45, 2.75) is 24.8 Å². The summed E-state index contributed by atoms with van der Waals surface area (Å²) in [6, 6.07) is 1.39. The van der Waals surface area contributed by atoms with E-state index in [1.807, 2.05) is 0 Å². The third-order valence-electron chi connectivity index (χ3n) is 3.68. The minimum absolute atomic E-state index is 0.0139. The fraction of sp³-hybridized carbons (Fsp3) is 0.583. The number of hydrogen-bond acceptors (Lipinski definition) is 5. The van der Waals surface area contributed by atoms with Crippen molar-refractivity contribution in [2.24, 2.45) is 0 Å². The van der Waals surface area contributed by atoms with Gasteiger partial charge in [0.2, 0.25) is 5.95 Å². The number of carboxylic acid groups (broad SMARTS) is 1. The van der Waals surface area contributed by atoms with Crippen LogP contribution in [0.1, 0.15) is 29.8 Å². The molecule has 1 aromatic heterocycles. The molecule has 2 N–H and O–H groups in total. The molecule has 1 heterocycles. The third kappa shape index (κ3) is 2.43. The predicted molar refractivity (Wildman–Crippen MR) is 67.8 cm³/mol. The number of nitrogens with one attached hydrogen (secondary N) is 1. The van der Waals surface area contributed by atoms with Gasteiger partial charge in [-0.2, -0.15) is 0 Å². The number of nitrogens with zero attached hydrogens (tertiary/aromatic N) is 3. The molecule has 0 aromatic carbocycles. The number of likely N-dealkylation sites (N-methyl/N-ethyl adjacent to an activating group) is 1. The van der Waals surface area contributed by atoms with E-state index in [0.29, 0.717) is 5.95 Å².